The van der Waals surface area contributed by atoms with Crippen LogP contribution in [0.5, 0.6) is 0 Å². The highest BCUT2D eigenvalue weighted by Gasteiger charge is 2.36. The van der Waals surface area contributed by atoms with Gasteiger partial charge in [-0.05, 0) is 24.6 Å². The van der Waals surface area contributed by atoms with E-state index in [1.165, 1.54) is 13.8 Å². The first-order valence-corrected chi connectivity index (χ1v) is 5.41. The summed E-state index contributed by atoms with van der Waals surface area (Å²) in [6.45, 7) is 2.75. The van der Waals surface area contributed by atoms with Crippen molar-refractivity contribution in [2.75, 3.05) is 0 Å². The zero-order chi connectivity index (χ0) is 11.6. The van der Waals surface area contributed by atoms with Gasteiger partial charge in [-0.3, -0.25) is 0 Å². The van der Waals surface area contributed by atoms with Crippen LogP contribution in [0.4, 0.5) is 8.78 Å². The van der Waals surface area contributed by atoms with Crippen LogP contribution in [0.25, 0.3) is 0 Å². The van der Waals surface area contributed by atoms with Crippen molar-refractivity contribution >= 4 is 15.9 Å². The molecule has 84 valence electrons. The average molecular weight is 279 g/mol. The molecule has 0 spiro atoms. The lowest BCUT2D eigenvalue weighted by Gasteiger charge is -2.30. The Morgan fingerprint density at radius 1 is 1.27 bits per heavy atom. The Kier molecular flexibility index (Phi) is 3.84. The summed E-state index contributed by atoms with van der Waals surface area (Å²) in [6, 6.07) is 6.73. The standard InChI is InChI=1S/C11H13BrF2O/c1-7(10(13)14)11(2,15)8-3-5-9(12)6-4-8/h3-7,10,15H,1-2H3. The monoisotopic (exact) mass is 278 g/mol. The van der Waals surface area contributed by atoms with E-state index >= 15 is 0 Å². The Morgan fingerprint density at radius 3 is 2.13 bits per heavy atom. The minimum absolute atomic E-state index is 0.499. The lowest BCUT2D eigenvalue weighted by molar-refractivity contribution is -0.0696. The van der Waals surface area contributed by atoms with Crippen LogP contribution in [0.15, 0.2) is 28.7 Å². The predicted molar refractivity (Wildman–Crippen MR) is 58.9 cm³/mol. The van der Waals surface area contributed by atoms with Crippen molar-refractivity contribution in [3.8, 4) is 0 Å². The first kappa shape index (κ1) is 12.6. The number of halogens is 3. The SMILES string of the molecule is CC(C(F)F)C(C)(O)c1ccc(Br)cc1. The van der Waals surface area contributed by atoms with Crippen LogP contribution in [0.2, 0.25) is 0 Å². The Morgan fingerprint density at radius 2 is 1.73 bits per heavy atom. The van der Waals surface area contributed by atoms with Crippen LogP contribution in [0.3, 0.4) is 0 Å². The van der Waals surface area contributed by atoms with E-state index in [1.807, 2.05) is 0 Å². The van der Waals surface area contributed by atoms with E-state index < -0.39 is 17.9 Å². The minimum Gasteiger partial charge on any atom is -0.385 e. The van der Waals surface area contributed by atoms with Gasteiger partial charge in [-0.2, -0.15) is 0 Å². The molecule has 0 aliphatic carbocycles. The highest BCUT2D eigenvalue weighted by atomic mass is 79.9. The van der Waals surface area contributed by atoms with Gasteiger partial charge in [-0.25, -0.2) is 8.78 Å². The number of hydrogen-bond donors (Lipinski definition) is 1. The van der Waals surface area contributed by atoms with Gasteiger partial charge in [0.1, 0.15) is 0 Å². The van der Waals surface area contributed by atoms with Gasteiger partial charge in [0.15, 0.2) is 0 Å². The first-order chi connectivity index (χ1) is 6.85. The molecule has 4 heteroatoms. The van der Waals surface area contributed by atoms with E-state index in [2.05, 4.69) is 15.9 Å². The maximum atomic E-state index is 12.5. The van der Waals surface area contributed by atoms with E-state index in [4.69, 9.17) is 0 Å². The molecule has 15 heavy (non-hydrogen) atoms. The molecule has 0 heterocycles. The highest BCUT2D eigenvalue weighted by Crippen LogP contribution is 2.33. The molecule has 1 aromatic carbocycles. The smallest absolute Gasteiger partial charge is 0.244 e. The Balaban J connectivity index is 2.99. The molecule has 1 rings (SSSR count). The van der Waals surface area contributed by atoms with Gasteiger partial charge in [-0.1, -0.05) is 35.0 Å². The van der Waals surface area contributed by atoms with Crippen molar-refractivity contribution in [1.82, 2.24) is 0 Å². The minimum atomic E-state index is -2.54. The summed E-state index contributed by atoms with van der Waals surface area (Å²) >= 11 is 3.25. The van der Waals surface area contributed by atoms with Crippen LogP contribution in [-0.4, -0.2) is 11.5 Å². The van der Waals surface area contributed by atoms with Crippen molar-refractivity contribution in [1.29, 1.82) is 0 Å². The number of aliphatic hydroxyl groups is 1. The molecule has 2 unspecified atom stereocenters. The summed E-state index contributed by atoms with van der Waals surface area (Å²) in [5.74, 6) is -1.10. The number of rotatable bonds is 3. The summed E-state index contributed by atoms with van der Waals surface area (Å²) in [7, 11) is 0. The second-order valence-corrected chi connectivity index (χ2v) is 4.69. The van der Waals surface area contributed by atoms with Gasteiger partial charge in [0.25, 0.3) is 0 Å². The molecule has 0 aliphatic heterocycles. The molecular formula is C11H13BrF2O. The largest absolute Gasteiger partial charge is 0.385 e. The van der Waals surface area contributed by atoms with Gasteiger partial charge >= 0.3 is 0 Å². The fourth-order valence-electron chi connectivity index (χ4n) is 1.30. The molecular weight excluding hydrogens is 266 g/mol. The highest BCUT2D eigenvalue weighted by molar-refractivity contribution is 9.10. The summed E-state index contributed by atoms with van der Waals surface area (Å²) in [6.07, 6.45) is -2.54. The summed E-state index contributed by atoms with van der Waals surface area (Å²) < 4.78 is 25.9. The van der Waals surface area contributed by atoms with Crippen LogP contribution in [0, 0.1) is 5.92 Å². The van der Waals surface area contributed by atoms with E-state index in [0.29, 0.717) is 5.56 Å². The van der Waals surface area contributed by atoms with Gasteiger partial charge < -0.3 is 5.11 Å². The van der Waals surface area contributed by atoms with Crippen molar-refractivity contribution in [3.05, 3.63) is 34.3 Å². The molecule has 1 N–H and O–H groups in total. The van der Waals surface area contributed by atoms with Gasteiger partial charge in [0.2, 0.25) is 6.43 Å². The maximum absolute atomic E-state index is 12.5. The molecule has 0 aromatic heterocycles. The topological polar surface area (TPSA) is 20.2 Å². The Labute approximate surface area is 96.2 Å². The van der Waals surface area contributed by atoms with Crippen LogP contribution in [0.1, 0.15) is 19.4 Å². The molecule has 0 aliphatic rings. The molecule has 0 saturated heterocycles. The maximum Gasteiger partial charge on any atom is 0.244 e. The van der Waals surface area contributed by atoms with E-state index in [1.54, 1.807) is 24.3 Å². The zero-order valence-electron chi connectivity index (χ0n) is 8.55. The second-order valence-electron chi connectivity index (χ2n) is 3.78. The normalized spacial score (nSPS) is 17.5. The third-order valence-corrected chi connectivity index (χ3v) is 3.22. The zero-order valence-corrected chi connectivity index (χ0v) is 10.1. The molecule has 1 aromatic rings. The second kappa shape index (κ2) is 4.58. The summed E-state index contributed by atoms with van der Waals surface area (Å²) in [5, 5.41) is 10.0. The Bertz CT molecular complexity index is 322. The molecule has 1 nitrogen and oxygen atoms in total. The fourth-order valence-corrected chi connectivity index (χ4v) is 1.56. The first-order valence-electron chi connectivity index (χ1n) is 4.62. The number of hydrogen-bond acceptors (Lipinski definition) is 1. The van der Waals surface area contributed by atoms with E-state index in [9.17, 15) is 13.9 Å². The van der Waals surface area contributed by atoms with Crippen molar-refractivity contribution in [2.45, 2.75) is 25.9 Å². The van der Waals surface area contributed by atoms with Crippen LogP contribution < -0.4 is 0 Å². The van der Waals surface area contributed by atoms with Crippen LogP contribution >= 0.6 is 15.9 Å². The molecule has 0 amide bonds. The van der Waals surface area contributed by atoms with E-state index in [0.717, 1.165) is 4.47 Å². The molecule has 0 saturated carbocycles. The number of benzene rings is 1. The third kappa shape index (κ3) is 2.75. The quantitative estimate of drug-likeness (QED) is 0.897. The predicted octanol–water partition coefficient (Wildman–Crippen LogP) is 3.56. The lowest BCUT2D eigenvalue weighted by Crippen LogP contribution is -2.34. The van der Waals surface area contributed by atoms with Crippen LogP contribution in [-0.2, 0) is 5.60 Å². The summed E-state index contributed by atoms with van der Waals surface area (Å²) in [4.78, 5) is 0. The lowest BCUT2D eigenvalue weighted by atomic mass is 9.84. The van der Waals surface area contributed by atoms with Gasteiger partial charge in [0.05, 0.1) is 5.60 Å². The molecule has 0 radical (unpaired) electrons. The average Bonchev–Trinajstić information content (AvgIpc) is 2.17. The van der Waals surface area contributed by atoms with Gasteiger partial charge in [0, 0.05) is 10.4 Å². The Hall–Kier alpha value is -0.480. The fraction of sp³-hybridized carbons (Fsp3) is 0.455. The van der Waals surface area contributed by atoms with Gasteiger partial charge in [-0.15, -0.1) is 0 Å². The molecule has 2 atom stereocenters. The third-order valence-electron chi connectivity index (χ3n) is 2.69. The van der Waals surface area contributed by atoms with Crippen molar-refractivity contribution in [2.24, 2.45) is 5.92 Å². The molecule has 0 fully saturated rings. The van der Waals surface area contributed by atoms with Crippen molar-refractivity contribution in [3.63, 3.8) is 0 Å². The van der Waals surface area contributed by atoms with Crippen molar-refractivity contribution < 1.29 is 13.9 Å². The number of alkyl halides is 2. The molecule has 0 bridgehead atoms. The summed E-state index contributed by atoms with van der Waals surface area (Å²) in [5.41, 5.74) is -1.01. The van der Waals surface area contributed by atoms with E-state index in [-0.39, 0.29) is 0 Å².